The van der Waals surface area contributed by atoms with Crippen LogP contribution in [-0.4, -0.2) is 10.6 Å². The van der Waals surface area contributed by atoms with Crippen LogP contribution in [0.25, 0.3) is 0 Å². The van der Waals surface area contributed by atoms with E-state index in [1.54, 1.807) is 30.5 Å². The molecule has 0 aliphatic rings. The molecule has 0 saturated carbocycles. The maximum atomic E-state index is 13.1. The zero-order valence-electron chi connectivity index (χ0n) is 12.0. The molecule has 0 amide bonds. The van der Waals surface area contributed by atoms with Gasteiger partial charge in [0.05, 0.1) is 0 Å². The van der Waals surface area contributed by atoms with E-state index in [1.165, 1.54) is 16.7 Å². The van der Waals surface area contributed by atoms with Crippen molar-refractivity contribution in [1.29, 1.82) is 0 Å². The van der Waals surface area contributed by atoms with Crippen LogP contribution in [0.4, 0.5) is 4.39 Å². The molecule has 0 aliphatic carbocycles. The van der Waals surface area contributed by atoms with Gasteiger partial charge in [-0.15, -0.1) is 0 Å². The number of aromatic nitrogens is 1. The minimum absolute atomic E-state index is 0.0684. The summed E-state index contributed by atoms with van der Waals surface area (Å²) >= 11 is 0. The number of benzene rings is 1. The van der Waals surface area contributed by atoms with Crippen LogP contribution in [0, 0.1) is 5.82 Å². The summed E-state index contributed by atoms with van der Waals surface area (Å²) in [5.41, 5.74) is 6.32. The number of nitrogens with zero attached hydrogens (tertiary/aromatic N) is 1. The molecule has 0 saturated heterocycles. The molecule has 21 heavy (non-hydrogen) atoms. The summed E-state index contributed by atoms with van der Waals surface area (Å²) in [5.74, 6) is -0.0828. The van der Waals surface area contributed by atoms with Crippen molar-refractivity contribution in [3.63, 3.8) is 0 Å². The van der Waals surface area contributed by atoms with Gasteiger partial charge in [-0.25, -0.2) is 4.39 Å². The highest BCUT2D eigenvalue weighted by Gasteiger charge is 2.07. The maximum Gasteiger partial charge on any atom is 0.292 e. The fourth-order valence-electron chi connectivity index (χ4n) is 1.94. The predicted octanol–water partition coefficient (Wildman–Crippen LogP) is 2.30. The van der Waals surface area contributed by atoms with E-state index in [0.717, 1.165) is 6.42 Å². The van der Waals surface area contributed by atoms with Crippen LogP contribution in [-0.2, 0) is 13.2 Å². The minimum Gasteiger partial charge on any atom is -0.483 e. The van der Waals surface area contributed by atoms with Gasteiger partial charge in [-0.05, 0) is 36.2 Å². The number of halogens is 1. The number of pyridine rings is 1. The molecule has 1 aromatic carbocycles. The summed E-state index contributed by atoms with van der Waals surface area (Å²) in [6.07, 6.45) is 2.48. The Labute approximate surface area is 123 Å². The van der Waals surface area contributed by atoms with E-state index in [-0.39, 0.29) is 29.8 Å². The maximum absolute atomic E-state index is 13.1. The summed E-state index contributed by atoms with van der Waals surface area (Å²) in [5, 5.41) is 0. The van der Waals surface area contributed by atoms with Crippen LogP contribution >= 0.6 is 0 Å². The molecule has 0 fully saturated rings. The van der Waals surface area contributed by atoms with Gasteiger partial charge in [0.15, 0.2) is 5.75 Å². The zero-order valence-corrected chi connectivity index (χ0v) is 12.0. The third-order valence-corrected chi connectivity index (χ3v) is 3.22. The molecule has 0 aliphatic heterocycles. The molecule has 2 N–H and O–H groups in total. The molecule has 0 radical (unpaired) electrons. The van der Waals surface area contributed by atoms with Crippen molar-refractivity contribution in [3.8, 4) is 5.75 Å². The van der Waals surface area contributed by atoms with Crippen molar-refractivity contribution in [1.82, 2.24) is 4.57 Å². The lowest BCUT2D eigenvalue weighted by Crippen LogP contribution is -2.31. The van der Waals surface area contributed by atoms with E-state index in [1.807, 2.05) is 6.92 Å². The van der Waals surface area contributed by atoms with Gasteiger partial charge in [-0.2, -0.15) is 0 Å². The smallest absolute Gasteiger partial charge is 0.292 e. The lowest BCUT2D eigenvalue weighted by Gasteiger charge is -2.13. The molecule has 5 heteroatoms. The van der Waals surface area contributed by atoms with E-state index in [2.05, 4.69) is 0 Å². The number of rotatable bonds is 6. The summed E-state index contributed by atoms with van der Waals surface area (Å²) in [4.78, 5) is 12.2. The van der Waals surface area contributed by atoms with Crippen LogP contribution in [0.1, 0.15) is 18.9 Å². The first kappa shape index (κ1) is 15.3. The second kappa shape index (κ2) is 7.04. The molecule has 112 valence electrons. The molecule has 1 heterocycles. The Morgan fingerprint density at radius 1 is 1.33 bits per heavy atom. The topological polar surface area (TPSA) is 57.2 Å². The molecule has 2 rings (SSSR count). The normalized spacial score (nSPS) is 12.1. The molecule has 1 aromatic heterocycles. The van der Waals surface area contributed by atoms with Gasteiger partial charge < -0.3 is 15.0 Å². The van der Waals surface area contributed by atoms with E-state index in [4.69, 9.17) is 10.5 Å². The van der Waals surface area contributed by atoms with Crippen LogP contribution < -0.4 is 16.0 Å². The van der Waals surface area contributed by atoms with Gasteiger partial charge in [-0.3, -0.25) is 4.79 Å². The zero-order chi connectivity index (χ0) is 15.2. The minimum atomic E-state index is -0.324. The molecule has 1 unspecified atom stereocenters. The number of ether oxygens (including phenoxy) is 1. The van der Waals surface area contributed by atoms with Gasteiger partial charge in [-0.1, -0.05) is 19.1 Å². The Kier molecular flexibility index (Phi) is 5.11. The second-order valence-corrected chi connectivity index (χ2v) is 4.92. The highest BCUT2D eigenvalue weighted by molar-refractivity contribution is 5.20. The molecule has 0 spiro atoms. The Morgan fingerprint density at radius 3 is 2.86 bits per heavy atom. The lowest BCUT2D eigenvalue weighted by atomic mass is 10.2. The molecule has 4 nitrogen and oxygen atoms in total. The van der Waals surface area contributed by atoms with Gasteiger partial charge in [0.1, 0.15) is 12.4 Å². The van der Waals surface area contributed by atoms with Crippen LogP contribution in [0.5, 0.6) is 5.75 Å². The van der Waals surface area contributed by atoms with E-state index >= 15 is 0 Å². The quantitative estimate of drug-likeness (QED) is 0.888. The molecule has 2 aromatic rings. The standard InChI is InChI=1S/C16H19FN2O2/c1-2-14(18)10-19-8-4-7-15(16(19)20)21-11-12-5-3-6-13(17)9-12/h3-9,14H,2,10-11,18H2,1H3. The summed E-state index contributed by atoms with van der Waals surface area (Å²) in [7, 11) is 0. The Bertz CT molecular complexity index is 655. The molecule has 0 bridgehead atoms. The average molecular weight is 290 g/mol. The van der Waals surface area contributed by atoms with Crippen molar-refractivity contribution in [3.05, 3.63) is 64.3 Å². The van der Waals surface area contributed by atoms with Crippen LogP contribution in [0.3, 0.4) is 0 Å². The largest absolute Gasteiger partial charge is 0.483 e. The number of nitrogens with two attached hydrogens (primary N) is 1. The van der Waals surface area contributed by atoms with Crippen LogP contribution in [0.2, 0.25) is 0 Å². The Morgan fingerprint density at radius 2 is 2.14 bits per heavy atom. The van der Waals surface area contributed by atoms with Crippen molar-refractivity contribution in [2.24, 2.45) is 5.73 Å². The molecular weight excluding hydrogens is 271 g/mol. The Balaban J connectivity index is 2.10. The highest BCUT2D eigenvalue weighted by Crippen LogP contribution is 2.09. The van der Waals surface area contributed by atoms with Crippen molar-refractivity contribution in [2.45, 2.75) is 32.5 Å². The van der Waals surface area contributed by atoms with E-state index < -0.39 is 0 Å². The average Bonchev–Trinajstić information content (AvgIpc) is 2.48. The monoisotopic (exact) mass is 290 g/mol. The van der Waals surface area contributed by atoms with Gasteiger partial charge in [0, 0.05) is 18.8 Å². The number of hydrogen-bond acceptors (Lipinski definition) is 3. The third kappa shape index (κ3) is 4.16. The lowest BCUT2D eigenvalue weighted by molar-refractivity contribution is 0.297. The van der Waals surface area contributed by atoms with Crippen molar-refractivity contribution < 1.29 is 9.13 Å². The van der Waals surface area contributed by atoms with Gasteiger partial charge in [0.25, 0.3) is 5.56 Å². The third-order valence-electron chi connectivity index (χ3n) is 3.22. The van der Waals surface area contributed by atoms with E-state index in [9.17, 15) is 9.18 Å². The Hall–Kier alpha value is -2.14. The van der Waals surface area contributed by atoms with Crippen LogP contribution in [0.15, 0.2) is 47.4 Å². The van der Waals surface area contributed by atoms with Crippen molar-refractivity contribution >= 4 is 0 Å². The fourth-order valence-corrected chi connectivity index (χ4v) is 1.94. The second-order valence-electron chi connectivity index (χ2n) is 4.92. The summed E-state index contributed by atoms with van der Waals surface area (Å²) in [6, 6.07) is 9.39. The highest BCUT2D eigenvalue weighted by atomic mass is 19.1. The van der Waals surface area contributed by atoms with Gasteiger partial charge in [0.2, 0.25) is 0 Å². The molecular formula is C16H19FN2O2. The van der Waals surface area contributed by atoms with E-state index in [0.29, 0.717) is 12.1 Å². The number of hydrogen-bond donors (Lipinski definition) is 1. The first-order valence-corrected chi connectivity index (χ1v) is 6.92. The summed E-state index contributed by atoms with van der Waals surface area (Å²) < 4.78 is 20.1. The first-order chi connectivity index (χ1) is 10.1. The SMILES string of the molecule is CCC(N)Cn1cccc(OCc2cccc(F)c2)c1=O. The molecule has 1 atom stereocenters. The van der Waals surface area contributed by atoms with Gasteiger partial charge >= 0.3 is 0 Å². The predicted molar refractivity (Wildman–Crippen MR) is 79.7 cm³/mol. The fraction of sp³-hybridized carbons (Fsp3) is 0.312. The summed E-state index contributed by atoms with van der Waals surface area (Å²) in [6.45, 7) is 2.57. The van der Waals surface area contributed by atoms with Crippen molar-refractivity contribution in [2.75, 3.05) is 0 Å². The first-order valence-electron chi connectivity index (χ1n) is 6.92.